The molecule has 0 aliphatic heterocycles. The van der Waals surface area contributed by atoms with E-state index in [1.165, 1.54) is 64.2 Å². The van der Waals surface area contributed by atoms with Crippen LogP contribution in [0.25, 0.3) is 0 Å². The summed E-state index contributed by atoms with van der Waals surface area (Å²) in [6.07, 6.45) is 13.7. The van der Waals surface area contributed by atoms with Crippen LogP contribution in [0.5, 0.6) is 0 Å². The summed E-state index contributed by atoms with van der Waals surface area (Å²) in [7, 11) is 3.49. The van der Waals surface area contributed by atoms with Gasteiger partial charge in [0.05, 0.1) is 5.56 Å². The normalized spacial score (nSPS) is 10.8. The van der Waals surface area contributed by atoms with E-state index in [0.29, 0.717) is 5.56 Å². The second kappa shape index (κ2) is 13.8. The van der Waals surface area contributed by atoms with Crippen molar-refractivity contribution in [3.05, 3.63) is 29.8 Å². The molecule has 0 saturated heterocycles. The van der Waals surface area contributed by atoms with Crippen LogP contribution in [0.3, 0.4) is 0 Å². The maximum Gasteiger partial charge on any atom is 0.249 e. The molecule has 130 valence electrons. The van der Waals surface area contributed by atoms with Gasteiger partial charge in [-0.2, -0.15) is 0 Å². The SMILES string of the molecule is CCCCCCCCCCCCSSc1ccccc1C(N)=O. The van der Waals surface area contributed by atoms with Crippen molar-refractivity contribution < 1.29 is 4.79 Å². The molecular formula is C19H31NOS2. The van der Waals surface area contributed by atoms with E-state index in [1.807, 2.05) is 29.0 Å². The Labute approximate surface area is 149 Å². The van der Waals surface area contributed by atoms with Crippen molar-refractivity contribution in [2.24, 2.45) is 5.73 Å². The lowest BCUT2D eigenvalue weighted by Gasteiger charge is -2.05. The molecule has 4 heteroatoms. The minimum atomic E-state index is -0.340. The first-order valence-corrected chi connectivity index (χ1v) is 11.3. The van der Waals surface area contributed by atoms with Crippen molar-refractivity contribution in [3.8, 4) is 0 Å². The van der Waals surface area contributed by atoms with Gasteiger partial charge >= 0.3 is 0 Å². The summed E-state index contributed by atoms with van der Waals surface area (Å²) < 4.78 is 0. The number of hydrogen-bond acceptors (Lipinski definition) is 3. The molecule has 0 unspecified atom stereocenters. The van der Waals surface area contributed by atoms with Crippen LogP contribution in [0.2, 0.25) is 0 Å². The first kappa shape index (κ1) is 20.4. The van der Waals surface area contributed by atoms with Crippen molar-refractivity contribution >= 4 is 27.5 Å². The Morgan fingerprint density at radius 1 is 0.913 bits per heavy atom. The van der Waals surface area contributed by atoms with E-state index in [0.717, 1.165) is 10.6 Å². The molecule has 23 heavy (non-hydrogen) atoms. The van der Waals surface area contributed by atoms with Crippen LogP contribution in [0.15, 0.2) is 29.2 Å². The largest absolute Gasteiger partial charge is 0.366 e. The predicted octanol–water partition coefficient (Wildman–Crippen LogP) is 6.45. The first-order valence-electron chi connectivity index (χ1n) is 8.94. The van der Waals surface area contributed by atoms with Gasteiger partial charge in [-0.15, -0.1) is 0 Å². The predicted molar refractivity (Wildman–Crippen MR) is 105 cm³/mol. The van der Waals surface area contributed by atoms with Crippen molar-refractivity contribution in [2.75, 3.05) is 5.75 Å². The quantitative estimate of drug-likeness (QED) is 0.309. The zero-order chi connectivity index (χ0) is 16.8. The van der Waals surface area contributed by atoms with Gasteiger partial charge in [-0.05, 0) is 18.6 Å². The molecule has 1 aromatic rings. The Morgan fingerprint density at radius 3 is 2.09 bits per heavy atom. The molecular weight excluding hydrogens is 322 g/mol. The number of nitrogens with two attached hydrogens (primary N) is 1. The number of hydrogen-bond donors (Lipinski definition) is 1. The minimum Gasteiger partial charge on any atom is -0.366 e. The molecule has 0 heterocycles. The van der Waals surface area contributed by atoms with Crippen LogP contribution < -0.4 is 5.73 Å². The number of rotatable bonds is 14. The highest BCUT2D eigenvalue weighted by Gasteiger charge is 2.07. The van der Waals surface area contributed by atoms with Gasteiger partial charge in [-0.3, -0.25) is 4.79 Å². The zero-order valence-corrected chi connectivity index (χ0v) is 16.0. The van der Waals surface area contributed by atoms with Crippen molar-refractivity contribution in [3.63, 3.8) is 0 Å². The number of primary amides is 1. The number of benzene rings is 1. The molecule has 0 radical (unpaired) electrons. The van der Waals surface area contributed by atoms with Gasteiger partial charge in [0.15, 0.2) is 0 Å². The third-order valence-electron chi connectivity index (χ3n) is 3.88. The fraction of sp³-hybridized carbons (Fsp3) is 0.632. The lowest BCUT2D eigenvalue weighted by Crippen LogP contribution is -2.11. The van der Waals surface area contributed by atoms with E-state index in [-0.39, 0.29) is 5.91 Å². The van der Waals surface area contributed by atoms with Crippen molar-refractivity contribution in [2.45, 2.75) is 76.0 Å². The van der Waals surface area contributed by atoms with E-state index in [4.69, 9.17) is 5.73 Å². The molecule has 2 N–H and O–H groups in total. The third kappa shape index (κ3) is 9.98. The maximum absolute atomic E-state index is 11.3. The molecule has 2 nitrogen and oxygen atoms in total. The van der Waals surface area contributed by atoms with Crippen LogP contribution in [-0.2, 0) is 0 Å². The number of carbonyl (C=O) groups excluding carboxylic acids is 1. The zero-order valence-electron chi connectivity index (χ0n) is 14.4. The summed E-state index contributed by atoms with van der Waals surface area (Å²) in [4.78, 5) is 12.3. The van der Waals surface area contributed by atoms with Gasteiger partial charge in [0, 0.05) is 10.6 Å². The second-order valence-corrected chi connectivity index (χ2v) is 8.41. The average molecular weight is 354 g/mol. The van der Waals surface area contributed by atoms with Crippen LogP contribution >= 0.6 is 21.6 Å². The molecule has 0 fully saturated rings. The lowest BCUT2D eigenvalue weighted by molar-refractivity contribution is 0.0997. The van der Waals surface area contributed by atoms with E-state index < -0.39 is 0 Å². The van der Waals surface area contributed by atoms with Crippen LogP contribution in [0.4, 0.5) is 0 Å². The van der Waals surface area contributed by atoms with Gasteiger partial charge in [0.25, 0.3) is 0 Å². The van der Waals surface area contributed by atoms with Gasteiger partial charge < -0.3 is 5.73 Å². The van der Waals surface area contributed by atoms with Gasteiger partial charge in [-0.1, -0.05) is 98.4 Å². The average Bonchev–Trinajstić information content (AvgIpc) is 2.56. The molecule has 0 aromatic heterocycles. The highest BCUT2D eigenvalue weighted by Crippen LogP contribution is 2.34. The molecule has 0 saturated carbocycles. The number of carbonyl (C=O) groups is 1. The molecule has 0 bridgehead atoms. The summed E-state index contributed by atoms with van der Waals surface area (Å²) in [5, 5.41) is 0. The number of amides is 1. The Kier molecular flexibility index (Phi) is 12.3. The molecule has 0 aliphatic rings. The highest BCUT2D eigenvalue weighted by molar-refractivity contribution is 8.76. The van der Waals surface area contributed by atoms with Gasteiger partial charge in [-0.25, -0.2) is 0 Å². The molecule has 1 amide bonds. The van der Waals surface area contributed by atoms with Gasteiger partial charge in [0.1, 0.15) is 0 Å². The Morgan fingerprint density at radius 2 is 1.48 bits per heavy atom. The van der Waals surface area contributed by atoms with Crippen LogP contribution in [0.1, 0.15) is 81.5 Å². The van der Waals surface area contributed by atoms with Crippen LogP contribution in [0, 0.1) is 0 Å². The van der Waals surface area contributed by atoms with Crippen molar-refractivity contribution in [1.29, 1.82) is 0 Å². The third-order valence-corrected chi connectivity index (χ3v) is 6.38. The van der Waals surface area contributed by atoms with E-state index in [2.05, 4.69) is 6.92 Å². The molecule has 0 aliphatic carbocycles. The minimum absolute atomic E-state index is 0.340. The summed E-state index contributed by atoms with van der Waals surface area (Å²) in [6, 6.07) is 7.58. The van der Waals surface area contributed by atoms with E-state index >= 15 is 0 Å². The standard InChI is InChI=1S/C19H31NOS2/c1-2-3-4-5-6-7-8-9-10-13-16-22-23-18-15-12-11-14-17(18)19(20)21/h11-12,14-15H,2-10,13,16H2,1H3,(H2,20,21). The monoisotopic (exact) mass is 353 g/mol. The fourth-order valence-corrected chi connectivity index (χ4v) is 4.84. The molecule has 0 atom stereocenters. The Hall–Kier alpha value is -0.610. The molecule has 1 rings (SSSR count). The summed E-state index contributed by atoms with van der Waals surface area (Å²) in [5.74, 6) is 0.793. The fourth-order valence-electron chi connectivity index (χ4n) is 2.50. The van der Waals surface area contributed by atoms with E-state index in [1.54, 1.807) is 16.9 Å². The first-order chi connectivity index (χ1) is 11.3. The molecule has 0 spiro atoms. The van der Waals surface area contributed by atoms with Crippen molar-refractivity contribution in [1.82, 2.24) is 0 Å². The lowest BCUT2D eigenvalue weighted by atomic mass is 10.1. The summed E-state index contributed by atoms with van der Waals surface area (Å²) >= 11 is 0. The summed E-state index contributed by atoms with van der Waals surface area (Å²) in [5.41, 5.74) is 6.02. The Bertz CT molecular complexity index is 437. The molecule has 1 aromatic carbocycles. The van der Waals surface area contributed by atoms with Crippen LogP contribution in [-0.4, -0.2) is 11.7 Å². The van der Waals surface area contributed by atoms with E-state index in [9.17, 15) is 4.79 Å². The second-order valence-electron chi connectivity index (χ2n) is 5.95. The number of unbranched alkanes of at least 4 members (excludes halogenated alkanes) is 9. The maximum atomic E-state index is 11.3. The highest BCUT2D eigenvalue weighted by atomic mass is 33.1. The van der Waals surface area contributed by atoms with Gasteiger partial charge in [0.2, 0.25) is 5.91 Å². The Balaban J connectivity index is 1.97. The summed E-state index contributed by atoms with van der Waals surface area (Å²) in [6.45, 7) is 2.27. The topological polar surface area (TPSA) is 43.1 Å². The smallest absolute Gasteiger partial charge is 0.249 e.